The van der Waals surface area contributed by atoms with Gasteiger partial charge in [0.25, 0.3) is 0 Å². The van der Waals surface area contributed by atoms with Crippen LogP contribution in [0.2, 0.25) is 0 Å². The minimum Gasteiger partial charge on any atom is -0.379 e. The van der Waals surface area contributed by atoms with Gasteiger partial charge in [-0.2, -0.15) is 0 Å². The van der Waals surface area contributed by atoms with Gasteiger partial charge in [-0.1, -0.05) is 106 Å². The van der Waals surface area contributed by atoms with E-state index in [0.29, 0.717) is 25.8 Å². The second kappa shape index (κ2) is 22.7. The molecule has 0 radical (unpaired) electrons. The Labute approximate surface area is 344 Å². The number of hydrogen-bond donors (Lipinski definition) is 2. The van der Waals surface area contributed by atoms with E-state index in [1.54, 1.807) is 38.0 Å². The lowest BCUT2D eigenvalue weighted by molar-refractivity contribution is -0.148. The van der Waals surface area contributed by atoms with Crippen molar-refractivity contribution in [3.63, 3.8) is 0 Å². The number of nitrogens with one attached hydrogen (secondary N) is 2. The fraction of sp³-hybridized carbons (Fsp3) is 0.756. The van der Waals surface area contributed by atoms with Crippen LogP contribution in [-0.4, -0.2) is 128 Å². The maximum absolute atomic E-state index is 14.3. The Hall–Kier alpha value is -3.35. The van der Waals surface area contributed by atoms with E-state index in [2.05, 4.69) is 10.6 Å². The average molecular weight is 800 g/mol. The molecule has 1 aromatic rings. The summed E-state index contributed by atoms with van der Waals surface area (Å²) in [6.07, 6.45) is 1.91. The first-order valence-corrected chi connectivity index (χ1v) is 21.2. The number of carbonyl (C=O) groups excluding carboxylic acids is 5. The number of likely N-dealkylation sites (tertiary alicyclic amines) is 1. The number of nitrogens with zero attached hydrogens (tertiary/aromatic N) is 3. The van der Waals surface area contributed by atoms with Crippen LogP contribution in [0, 0.1) is 29.1 Å². The van der Waals surface area contributed by atoms with Gasteiger partial charge in [0, 0.05) is 33.2 Å². The van der Waals surface area contributed by atoms with E-state index in [1.807, 2.05) is 112 Å². The number of ether oxygens (including phenoxy) is 2. The van der Waals surface area contributed by atoms with Crippen LogP contribution in [-0.2, 0) is 39.9 Å². The molecule has 1 saturated heterocycles. The zero-order valence-corrected chi connectivity index (χ0v) is 37.9. The largest absolute Gasteiger partial charge is 0.379 e. The summed E-state index contributed by atoms with van der Waals surface area (Å²) in [4.78, 5) is 75.2. The number of methoxy groups -OCH3 is 2. The number of ketones is 1. The third-order valence-corrected chi connectivity index (χ3v) is 12.4. The van der Waals surface area contributed by atoms with Gasteiger partial charge in [0.05, 0.1) is 48.7 Å². The van der Waals surface area contributed by atoms with Gasteiger partial charge in [-0.15, -0.1) is 0 Å². The number of benzene rings is 1. The van der Waals surface area contributed by atoms with Crippen LogP contribution in [0.4, 0.5) is 0 Å². The summed E-state index contributed by atoms with van der Waals surface area (Å²) in [5, 5.41) is 6.12. The molecule has 0 aromatic heterocycles. The Bertz CT molecular complexity index is 1440. The van der Waals surface area contributed by atoms with Gasteiger partial charge < -0.3 is 29.9 Å². The van der Waals surface area contributed by atoms with E-state index in [0.717, 1.165) is 18.4 Å². The van der Waals surface area contributed by atoms with E-state index in [9.17, 15) is 24.0 Å². The van der Waals surface area contributed by atoms with Crippen LogP contribution >= 0.6 is 0 Å². The minimum absolute atomic E-state index is 0.0190. The van der Waals surface area contributed by atoms with Gasteiger partial charge in [0.2, 0.25) is 23.6 Å². The van der Waals surface area contributed by atoms with Gasteiger partial charge >= 0.3 is 0 Å². The number of amides is 4. The highest BCUT2D eigenvalue weighted by Crippen LogP contribution is 2.30. The fourth-order valence-electron chi connectivity index (χ4n) is 8.42. The molecular weight excluding hydrogens is 723 g/mol. The first-order valence-electron chi connectivity index (χ1n) is 21.2. The van der Waals surface area contributed by atoms with Crippen LogP contribution in [0.1, 0.15) is 107 Å². The average Bonchev–Trinajstić information content (AvgIpc) is 3.65. The van der Waals surface area contributed by atoms with E-state index < -0.39 is 47.7 Å². The molecule has 1 aliphatic rings. The zero-order valence-electron chi connectivity index (χ0n) is 37.9. The molecule has 324 valence electrons. The zero-order chi connectivity index (χ0) is 43.4. The van der Waals surface area contributed by atoms with Crippen molar-refractivity contribution in [1.82, 2.24) is 25.3 Å². The number of rotatable bonds is 23. The molecule has 0 saturated carbocycles. The highest BCUT2D eigenvalue weighted by atomic mass is 16.5. The Morgan fingerprint density at radius 3 is 1.98 bits per heavy atom. The Morgan fingerprint density at radius 2 is 1.49 bits per heavy atom. The highest BCUT2D eigenvalue weighted by Gasteiger charge is 2.44. The van der Waals surface area contributed by atoms with Gasteiger partial charge in [-0.25, -0.2) is 0 Å². The number of hydrogen-bond acceptors (Lipinski definition) is 8. The van der Waals surface area contributed by atoms with Crippen molar-refractivity contribution >= 4 is 29.4 Å². The van der Waals surface area contributed by atoms with Crippen molar-refractivity contribution in [3.05, 3.63) is 35.9 Å². The molecule has 9 atom stereocenters. The molecule has 0 aliphatic carbocycles. The SMILES string of the molecule is CCC(C)C(C(CC(=O)N1CCCC1C(OC)C(C)C(=O)NC(Cc1ccccc1)C(=O)C(C)(C)CC)OC)N(C)C(=O)C(NC(=O)C(C(C)C)N(C)C)C(C)C. The van der Waals surface area contributed by atoms with E-state index in [1.165, 1.54) is 0 Å². The maximum atomic E-state index is 14.3. The summed E-state index contributed by atoms with van der Waals surface area (Å²) in [6, 6.07) is 6.96. The third kappa shape index (κ3) is 13.1. The van der Waals surface area contributed by atoms with Crippen LogP contribution in [0.15, 0.2) is 30.3 Å². The molecular formula is C45H77N5O7. The predicted octanol–water partition coefficient (Wildman–Crippen LogP) is 5.37. The van der Waals surface area contributed by atoms with E-state index >= 15 is 0 Å². The third-order valence-electron chi connectivity index (χ3n) is 12.4. The minimum atomic E-state index is -0.767. The second-order valence-corrected chi connectivity index (χ2v) is 17.8. The Kier molecular flexibility index (Phi) is 19.8. The quantitative estimate of drug-likeness (QED) is 0.151. The molecule has 2 rings (SSSR count). The molecule has 9 unspecified atom stereocenters. The van der Waals surface area contributed by atoms with Crippen molar-refractivity contribution < 1.29 is 33.4 Å². The molecule has 1 heterocycles. The molecule has 0 bridgehead atoms. The summed E-state index contributed by atoms with van der Waals surface area (Å²) < 4.78 is 12.1. The summed E-state index contributed by atoms with van der Waals surface area (Å²) in [5.41, 5.74) is 0.331. The van der Waals surface area contributed by atoms with E-state index in [4.69, 9.17) is 9.47 Å². The first kappa shape index (κ1) is 49.8. The Morgan fingerprint density at radius 1 is 0.877 bits per heavy atom. The van der Waals surface area contributed by atoms with Crippen LogP contribution < -0.4 is 10.6 Å². The molecule has 1 aromatic carbocycles. The number of Topliss-reactive ketones (excluding diaryl/α,β-unsaturated/α-hetero) is 1. The molecule has 4 amide bonds. The number of carbonyl (C=O) groups is 5. The molecule has 12 heteroatoms. The molecule has 57 heavy (non-hydrogen) atoms. The van der Waals surface area contributed by atoms with Crippen LogP contribution in [0.3, 0.4) is 0 Å². The standard InChI is InChI=1S/C45H77N5O7/c1-16-30(7)39(49(13)44(55)37(28(3)4)47-43(54)38(29(5)6)48(11)12)35(56-14)27-36(51)50-25-21-24-34(50)40(57-15)31(8)42(53)46-33(41(52)45(9,10)17-2)26-32-22-19-18-20-23-32/h18-20,22-23,28-31,33-35,37-40H,16-17,21,24-27H2,1-15H3,(H,46,53)(H,47,54). The lowest BCUT2D eigenvalue weighted by Gasteiger charge is -2.41. The van der Waals surface area contributed by atoms with Gasteiger partial charge in [-0.3, -0.25) is 28.9 Å². The number of likely N-dealkylation sites (N-methyl/N-ethyl adjacent to an activating group) is 2. The molecule has 0 spiro atoms. The lowest BCUT2D eigenvalue weighted by atomic mass is 9.80. The Balaban J connectivity index is 2.33. The molecule has 1 aliphatic heterocycles. The van der Waals surface area contributed by atoms with Crippen molar-refractivity contribution in [1.29, 1.82) is 0 Å². The molecule has 1 fully saturated rings. The van der Waals surface area contributed by atoms with Gasteiger partial charge in [0.1, 0.15) is 6.04 Å². The summed E-state index contributed by atoms with van der Waals surface area (Å²) in [6.45, 7) is 20.0. The smallest absolute Gasteiger partial charge is 0.245 e. The van der Waals surface area contributed by atoms with Crippen molar-refractivity contribution in [3.8, 4) is 0 Å². The van der Waals surface area contributed by atoms with Crippen molar-refractivity contribution in [2.75, 3.05) is 41.9 Å². The van der Waals surface area contributed by atoms with Crippen LogP contribution in [0.25, 0.3) is 0 Å². The fourth-order valence-corrected chi connectivity index (χ4v) is 8.42. The summed E-state index contributed by atoms with van der Waals surface area (Å²) in [7, 11) is 8.58. The summed E-state index contributed by atoms with van der Waals surface area (Å²) in [5.74, 6) is -1.73. The lowest BCUT2D eigenvalue weighted by Crippen LogP contribution is -2.59. The first-order chi connectivity index (χ1) is 26.7. The second-order valence-electron chi connectivity index (χ2n) is 17.8. The molecule has 2 N–H and O–H groups in total. The monoisotopic (exact) mass is 800 g/mol. The van der Waals surface area contributed by atoms with Crippen LogP contribution in [0.5, 0.6) is 0 Å². The maximum Gasteiger partial charge on any atom is 0.245 e. The van der Waals surface area contributed by atoms with E-state index in [-0.39, 0.29) is 59.6 Å². The highest BCUT2D eigenvalue weighted by molar-refractivity contribution is 5.93. The van der Waals surface area contributed by atoms with Gasteiger partial charge in [0.15, 0.2) is 5.78 Å². The van der Waals surface area contributed by atoms with Crippen molar-refractivity contribution in [2.45, 2.75) is 150 Å². The predicted molar refractivity (Wildman–Crippen MR) is 226 cm³/mol. The molecule has 12 nitrogen and oxygen atoms in total. The van der Waals surface area contributed by atoms with Crippen molar-refractivity contribution in [2.24, 2.45) is 29.1 Å². The summed E-state index contributed by atoms with van der Waals surface area (Å²) >= 11 is 0. The normalized spacial score (nSPS) is 19.1. The topological polar surface area (TPSA) is 138 Å². The van der Waals surface area contributed by atoms with Gasteiger partial charge in [-0.05, 0) is 63.1 Å².